The lowest BCUT2D eigenvalue weighted by molar-refractivity contribution is -0.133. The maximum Gasteiger partial charge on any atom is 0.242 e. The van der Waals surface area contributed by atoms with Crippen LogP contribution in [0, 0.1) is 11.8 Å². The second-order valence-electron chi connectivity index (χ2n) is 11.2. The number of aryl methyl sites for hydroxylation is 1. The molecule has 218 valence electrons. The van der Waals surface area contributed by atoms with Gasteiger partial charge in [-0.3, -0.25) is 9.59 Å². The summed E-state index contributed by atoms with van der Waals surface area (Å²) < 4.78 is 12.7. The van der Waals surface area contributed by atoms with Crippen LogP contribution in [0.3, 0.4) is 0 Å². The van der Waals surface area contributed by atoms with E-state index in [-0.39, 0.29) is 11.8 Å². The summed E-state index contributed by atoms with van der Waals surface area (Å²) >= 11 is 0. The van der Waals surface area contributed by atoms with Crippen LogP contribution in [0.4, 0.5) is 0 Å². The number of carbonyl (C=O) groups excluding carboxylic acids is 2. The number of hydrogen-bond donors (Lipinski definition) is 1. The average molecular weight is 551 g/mol. The number of nitrogens with zero attached hydrogens (tertiary/aromatic N) is 3. The monoisotopic (exact) mass is 550 g/mol. The number of rotatable bonds is 16. The summed E-state index contributed by atoms with van der Waals surface area (Å²) in [6.07, 6.45) is 3.86. The van der Waals surface area contributed by atoms with Crippen LogP contribution in [0.2, 0.25) is 0 Å². The second kappa shape index (κ2) is 15.3. The van der Waals surface area contributed by atoms with Gasteiger partial charge in [-0.15, -0.1) is 0 Å². The number of aromatic nitrogens is 2. The van der Waals surface area contributed by atoms with E-state index in [4.69, 9.17) is 14.5 Å². The number of hydrogen-bond acceptors (Lipinski definition) is 5. The predicted octanol–water partition coefficient (Wildman–Crippen LogP) is 5.27. The Labute approximate surface area is 239 Å². The third-order valence-corrected chi connectivity index (χ3v) is 6.76. The number of nitrogens with one attached hydrogen (secondary N) is 1. The summed E-state index contributed by atoms with van der Waals surface area (Å²) in [5.74, 6) is 3.17. The molecule has 0 aliphatic carbocycles. The number of fused-ring (bicyclic) bond motifs is 1. The Morgan fingerprint density at radius 2 is 1.62 bits per heavy atom. The number of carbonyl (C=O) groups is 2. The van der Waals surface area contributed by atoms with E-state index in [2.05, 4.69) is 37.6 Å². The van der Waals surface area contributed by atoms with Crippen LogP contribution in [0.5, 0.6) is 11.5 Å². The molecule has 0 bridgehead atoms. The number of para-hydroxylation sites is 2. The lowest BCUT2D eigenvalue weighted by Crippen LogP contribution is -2.39. The Balaban J connectivity index is 1.52. The Kier molecular flexibility index (Phi) is 11.8. The number of ether oxygens (including phenoxy) is 2. The van der Waals surface area contributed by atoms with E-state index < -0.39 is 0 Å². The first kappa shape index (κ1) is 31.0. The Bertz CT molecular complexity index is 1240. The van der Waals surface area contributed by atoms with Crippen molar-refractivity contribution in [3.63, 3.8) is 0 Å². The van der Waals surface area contributed by atoms with Crippen molar-refractivity contribution in [3.05, 3.63) is 53.9 Å². The Morgan fingerprint density at radius 3 is 2.30 bits per heavy atom. The quantitative estimate of drug-likeness (QED) is 0.246. The number of unbranched alkanes of at least 4 members (excludes halogenated alkanes) is 2. The molecule has 8 heteroatoms. The third kappa shape index (κ3) is 9.00. The fraction of sp³-hybridized carbons (Fsp3) is 0.531. The minimum absolute atomic E-state index is 0.0140. The first-order chi connectivity index (χ1) is 19.2. The second-order valence-corrected chi connectivity index (χ2v) is 11.2. The SMILES string of the molecule is COc1ccc(CC(=O)NCCCCCc2nc3ccccc3n2CC(=O)N(CC(C)C)CC(C)C)cc1OC. The summed E-state index contributed by atoms with van der Waals surface area (Å²) in [7, 11) is 3.18. The number of methoxy groups -OCH3 is 2. The molecule has 3 rings (SSSR count). The molecule has 0 atom stereocenters. The van der Waals surface area contributed by atoms with E-state index in [0.29, 0.717) is 42.8 Å². The van der Waals surface area contributed by atoms with Gasteiger partial charge in [0.2, 0.25) is 11.8 Å². The van der Waals surface area contributed by atoms with Gasteiger partial charge < -0.3 is 24.3 Å². The molecule has 8 nitrogen and oxygen atoms in total. The standard InChI is InChI=1S/C32H46N4O4/c1-23(2)20-35(21-24(3)4)32(38)22-36-27-13-10-9-12-26(27)34-30(36)14-8-7-11-17-33-31(37)19-25-15-16-28(39-5)29(18-25)40-6/h9-10,12-13,15-16,18,23-24H,7-8,11,14,17,19-22H2,1-6H3,(H,33,37). The van der Waals surface area contributed by atoms with Gasteiger partial charge in [0.25, 0.3) is 0 Å². The van der Waals surface area contributed by atoms with Gasteiger partial charge in [-0.1, -0.05) is 52.3 Å². The van der Waals surface area contributed by atoms with E-state index in [0.717, 1.165) is 61.2 Å². The van der Waals surface area contributed by atoms with Crippen molar-refractivity contribution in [3.8, 4) is 11.5 Å². The normalized spacial score (nSPS) is 11.3. The zero-order valence-electron chi connectivity index (χ0n) is 25.0. The summed E-state index contributed by atoms with van der Waals surface area (Å²) in [6, 6.07) is 13.6. The van der Waals surface area contributed by atoms with Crippen LogP contribution >= 0.6 is 0 Å². The predicted molar refractivity (Wildman–Crippen MR) is 160 cm³/mol. The van der Waals surface area contributed by atoms with Crippen molar-refractivity contribution in [2.45, 2.75) is 66.3 Å². The van der Waals surface area contributed by atoms with Crippen molar-refractivity contribution in [2.75, 3.05) is 33.9 Å². The van der Waals surface area contributed by atoms with Crippen molar-refractivity contribution in [1.29, 1.82) is 0 Å². The molecule has 0 aliphatic heterocycles. The van der Waals surface area contributed by atoms with Gasteiger partial charge in [0.05, 0.1) is 31.7 Å². The summed E-state index contributed by atoms with van der Waals surface area (Å²) in [5, 5.41) is 3.02. The fourth-order valence-electron chi connectivity index (χ4n) is 4.94. The van der Waals surface area contributed by atoms with Gasteiger partial charge in [0, 0.05) is 26.1 Å². The molecule has 2 amide bonds. The van der Waals surface area contributed by atoms with Crippen LogP contribution in [-0.2, 0) is 29.0 Å². The minimum Gasteiger partial charge on any atom is -0.493 e. The van der Waals surface area contributed by atoms with Gasteiger partial charge in [-0.05, 0) is 54.5 Å². The molecule has 3 aromatic rings. The molecule has 0 saturated heterocycles. The third-order valence-electron chi connectivity index (χ3n) is 6.76. The van der Waals surface area contributed by atoms with Gasteiger partial charge >= 0.3 is 0 Å². The summed E-state index contributed by atoms with van der Waals surface area (Å²) in [4.78, 5) is 32.7. The van der Waals surface area contributed by atoms with Crippen molar-refractivity contribution in [2.24, 2.45) is 11.8 Å². The van der Waals surface area contributed by atoms with Crippen LogP contribution in [0.15, 0.2) is 42.5 Å². The lowest BCUT2D eigenvalue weighted by atomic mass is 10.1. The van der Waals surface area contributed by atoms with Crippen molar-refractivity contribution >= 4 is 22.8 Å². The molecular weight excluding hydrogens is 504 g/mol. The van der Waals surface area contributed by atoms with Gasteiger partial charge in [-0.2, -0.15) is 0 Å². The molecule has 2 aromatic carbocycles. The van der Waals surface area contributed by atoms with Gasteiger partial charge in [0.15, 0.2) is 11.5 Å². The molecule has 1 heterocycles. The molecule has 0 unspecified atom stereocenters. The Hall–Kier alpha value is -3.55. The van der Waals surface area contributed by atoms with E-state index in [1.165, 1.54) is 0 Å². The topological polar surface area (TPSA) is 85.7 Å². The van der Waals surface area contributed by atoms with E-state index in [9.17, 15) is 9.59 Å². The fourth-order valence-corrected chi connectivity index (χ4v) is 4.94. The zero-order valence-corrected chi connectivity index (χ0v) is 25.0. The van der Waals surface area contributed by atoms with Crippen LogP contribution in [0.25, 0.3) is 11.0 Å². The van der Waals surface area contributed by atoms with E-state index in [1.54, 1.807) is 14.2 Å². The van der Waals surface area contributed by atoms with Crippen LogP contribution in [0.1, 0.15) is 58.3 Å². The summed E-state index contributed by atoms with van der Waals surface area (Å²) in [5.41, 5.74) is 2.80. The average Bonchev–Trinajstić information content (AvgIpc) is 3.26. The highest BCUT2D eigenvalue weighted by molar-refractivity contribution is 5.81. The van der Waals surface area contributed by atoms with Gasteiger partial charge in [-0.25, -0.2) is 4.98 Å². The first-order valence-electron chi connectivity index (χ1n) is 14.4. The van der Waals surface area contributed by atoms with Crippen LogP contribution < -0.4 is 14.8 Å². The zero-order chi connectivity index (χ0) is 29.1. The molecular formula is C32H46N4O4. The maximum atomic E-state index is 13.4. The molecule has 0 radical (unpaired) electrons. The highest BCUT2D eigenvalue weighted by atomic mass is 16.5. The molecule has 0 spiro atoms. The maximum absolute atomic E-state index is 13.4. The molecule has 1 aromatic heterocycles. The highest BCUT2D eigenvalue weighted by Gasteiger charge is 2.20. The number of amides is 2. The molecule has 40 heavy (non-hydrogen) atoms. The van der Waals surface area contributed by atoms with Gasteiger partial charge in [0.1, 0.15) is 12.4 Å². The molecule has 1 N–H and O–H groups in total. The first-order valence-corrected chi connectivity index (χ1v) is 14.4. The van der Waals surface area contributed by atoms with Crippen LogP contribution in [-0.4, -0.2) is 60.1 Å². The molecule has 0 aliphatic rings. The number of imidazole rings is 1. The lowest BCUT2D eigenvalue weighted by Gasteiger charge is -2.27. The largest absolute Gasteiger partial charge is 0.493 e. The highest BCUT2D eigenvalue weighted by Crippen LogP contribution is 2.27. The minimum atomic E-state index is -0.0140. The van der Waals surface area contributed by atoms with E-state index >= 15 is 0 Å². The van der Waals surface area contributed by atoms with E-state index in [1.807, 2.05) is 47.4 Å². The number of benzene rings is 2. The smallest absolute Gasteiger partial charge is 0.242 e. The summed E-state index contributed by atoms with van der Waals surface area (Å²) in [6.45, 7) is 11.1. The van der Waals surface area contributed by atoms with Crippen molar-refractivity contribution in [1.82, 2.24) is 19.8 Å². The molecule has 0 fully saturated rings. The Morgan fingerprint density at radius 1 is 0.925 bits per heavy atom. The molecule has 0 saturated carbocycles. The van der Waals surface area contributed by atoms with Crippen molar-refractivity contribution < 1.29 is 19.1 Å².